The smallest absolute Gasteiger partial charge is 0.179 e. The highest BCUT2D eigenvalue weighted by Crippen LogP contribution is 2.22. The Morgan fingerprint density at radius 3 is 2.24 bits per heavy atom. The first kappa shape index (κ1) is 15.6. The van der Waals surface area contributed by atoms with Crippen LogP contribution in [-0.4, -0.2) is 20.7 Å². The first-order valence-corrected chi connectivity index (χ1v) is 8.02. The maximum Gasteiger partial charge on any atom is 0.179 e. The standard InChI is InChI=1S/C15H15F2NO2S/c16-14-7-6-13(8-15(14)17)21(19,20)10-12(9-18)11-4-2-1-3-5-11/h1-8,12H,9-10,18H2. The molecule has 3 nitrogen and oxygen atoms in total. The molecule has 2 N–H and O–H groups in total. The van der Waals surface area contributed by atoms with Gasteiger partial charge in [0.25, 0.3) is 0 Å². The summed E-state index contributed by atoms with van der Waals surface area (Å²) < 4.78 is 50.7. The average molecular weight is 311 g/mol. The van der Waals surface area contributed by atoms with Gasteiger partial charge in [-0.15, -0.1) is 0 Å². The fourth-order valence-corrected chi connectivity index (χ4v) is 3.67. The van der Waals surface area contributed by atoms with E-state index in [0.717, 1.165) is 17.7 Å². The molecule has 0 aliphatic carbocycles. The molecular weight excluding hydrogens is 296 g/mol. The topological polar surface area (TPSA) is 60.2 Å². The van der Waals surface area contributed by atoms with Crippen LogP contribution in [0.1, 0.15) is 11.5 Å². The molecule has 0 fully saturated rings. The minimum Gasteiger partial charge on any atom is -0.330 e. The average Bonchev–Trinajstić information content (AvgIpc) is 2.48. The zero-order valence-electron chi connectivity index (χ0n) is 11.2. The summed E-state index contributed by atoms with van der Waals surface area (Å²) >= 11 is 0. The highest BCUT2D eigenvalue weighted by Gasteiger charge is 2.22. The lowest BCUT2D eigenvalue weighted by molar-refractivity contribution is 0.504. The lowest BCUT2D eigenvalue weighted by Crippen LogP contribution is -2.22. The molecule has 0 spiro atoms. The van der Waals surface area contributed by atoms with Gasteiger partial charge in [0.05, 0.1) is 10.6 Å². The Kier molecular flexibility index (Phi) is 4.69. The van der Waals surface area contributed by atoms with E-state index in [4.69, 9.17) is 5.73 Å². The largest absolute Gasteiger partial charge is 0.330 e. The summed E-state index contributed by atoms with van der Waals surface area (Å²) in [5.41, 5.74) is 6.44. The molecule has 0 saturated heterocycles. The van der Waals surface area contributed by atoms with Crippen molar-refractivity contribution in [2.24, 2.45) is 5.73 Å². The third kappa shape index (κ3) is 3.65. The Labute approximate surface area is 122 Å². The normalized spacial score (nSPS) is 13.1. The molecule has 0 radical (unpaired) electrons. The predicted molar refractivity (Wildman–Crippen MR) is 76.6 cm³/mol. The van der Waals surface area contributed by atoms with Gasteiger partial charge in [-0.2, -0.15) is 0 Å². The molecule has 0 aliphatic rings. The van der Waals surface area contributed by atoms with E-state index in [1.54, 1.807) is 24.3 Å². The van der Waals surface area contributed by atoms with Crippen LogP contribution in [0.5, 0.6) is 0 Å². The van der Waals surface area contributed by atoms with E-state index in [1.807, 2.05) is 6.07 Å². The lowest BCUT2D eigenvalue weighted by atomic mass is 10.0. The minimum atomic E-state index is -3.75. The molecule has 0 saturated carbocycles. The van der Waals surface area contributed by atoms with Gasteiger partial charge in [-0.1, -0.05) is 30.3 Å². The summed E-state index contributed by atoms with van der Waals surface area (Å²) in [4.78, 5) is -0.240. The Morgan fingerprint density at radius 1 is 1.00 bits per heavy atom. The van der Waals surface area contributed by atoms with Crippen LogP contribution in [0.3, 0.4) is 0 Å². The van der Waals surface area contributed by atoms with Crippen molar-refractivity contribution in [1.29, 1.82) is 0 Å². The molecule has 0 aliphatic heterocycles. The maximum absolute atomic E-state index is 13.2. The second-order valence-electron chi connectivity index (χ2n) is 4.70. The second-order valence-corrected chi connectivity index (χ2v) is 6.73. The molecule has 2 rings (SSSR count). The highest BCUT2D eigenvalue weighted by molar-refractivity contribution is 7.91. The van der Waals surface area contributed by atoms with Crippen molar-refractivity contribution in [3.8, 4) is 0 Å². The third-order valence-electron chi connectivity index (χ3n) is 3.23. The number of hydrogen-bond acceptors (Lipinski definition) is 3. The van der Waals surface area contributed by atoms with E-state index in [0.29, 0.717) is 6.07 Å². The molecule has 1 unspecified atom stereocenters. The van der Waals surface area contributed by atoms with Crippen LogP contribution in [0.4, 0.5) is 8.78 Å². The summed E-state index contributed by atoms with van der Waals surface area (Å²) in [5, 5.41) is 0. The lowest BCUT2D eigenvalue weighted by Gasteiger charge is -2.15. The molecule has 0 aromatic heterocycles. The van der Waals surface area contributed by atoms with E-state index in [9.17, 15) is 17.2 Å². The van der Waals surface area contributed by atoms with Gasteiger partial charge in [0.2, 0.25) is 0 Å². The molecule has 0 amide bonds. The number of nitrogens with two attached hydrogens (primary N) is 1. The van der Waals surface area contributed by atoms with E-state index >= 15 is 0 Å². The molecule has 112 valence electrons. The van der Waals surface area contributed by atoms with Crippen LogP contribution in [0.2, 0.25) is 0 Å². The van der Waals surface area contributed by atoms with Gasteiger partial charge >= 0.3 is 0 Å². The van der Waals surface area contributed by atoms with Gasteiger partial charge in [-0.05, 0) is 23.8 Å². The van der Waals surface area contributed by atoms with Crippen molar-refractivity contribution in [3.05, 3.63) is 65.7 Å². The van der Waals surface area contributed by atoms with Crippen molar-refractivity contribution in [2.75, 3.05) is 12.3 Å². The number of hydrogen-bond donors (Lipinski definition) is 1. The maximum atomic E-state index is 13.2. The molecule has 1 atom stereocenters. The Balaban J connectivity index is 2.29. The molecule has 2 aromatic carbocycles. The van der Waals surface area contributed by atoms with E-state index in [-0.39, 0.29) is 17.2 Å². The van der Waals surface area contributed by atoms with Crippen LogP contribution in [-0.2, 0) is 9.84 Å². The fourth-order valence-electron chi connectivity index (χ4n) is 2.06. The summed E-state index contributed by atoms with van der Waals surface area (Å²) in [5.74, 6) is -2.91. The quantitative estimate of drug-likeness (QED) is 0.863. The fraction of sp³-hybridized carbons (Fsp3) is 0.200. The van der Waals surface area contributed by atoms with Gasteiger partial charge in [0, 0.05) is 12.5 Å². The van der Waals surface area contributed by atoms with Crippen LogP contribution in [0.15, 0.2) is 53.4 Å². The summed E-state index contributed by atoms with van der Waals surface area (Å²) in [7, 11) is -3.75. The molecular formula is C15H15F2NO2S. The predicted octanol–water partition coefficient (Wildman–Crippen LogP) is 2.48. The van der Waals surface area contributed by atoms with Crippen LogP contribution >= 0.6 is 0 Å². The van der Waals surface area contributed by atoms with Gasteiger partial charge < -0.3 is 5.73 Å². The van der Waals surface area contributed by atoms with Gasteiger partial charge in [-0.3, -0.25) is 0 Å². The summed E-state index contributed by atoms with van der Waals surface area (Å²) in [6.07, 6.45) is 0. The highest BCUT2D eigenvalue weighted by atomic mass is 32.2. The monoisotopic (exact) mass is 311 g/mol. The van der Waals surface area contributed by atoms with E-state index in [1.165, 1.54) is 0 Å². The molecule has 6 heteroatoms. The first-order chi connectivity index (χ1) is 9.94. The molecule has 0 bridgehead atoms. The third-order valence-corrected chi connectivity index (χ3v) is 5.04. The van der Waals surface area contributed by atoms with Crippen LogP contribution < -0.4 is 5.73 Å². The van der Waals surface area contributed by atoms with Crippen molar-refractivity contribution in [1.82, 2.24) is 0 Å². The van der Waals surface area contributed by atoms with Crippen molar-refractivity contribution in [3.63, 3.8) is 0 Å². The number of benzene rings is 2. The number of halogens is 2. The van der Waals surface area contributed by atoms with E-state index < -0.39 is 27.4 Å². The van der Waals surface area contributed by atoms with Crippen LogP contribution in [0, 0.1) is 11.6 Å². The van der Waals surface area contributed by atoms with Gasteiger partial charge in [-0.25, -0.2) is 17.2 Å². The van der Waals surface area contributed by atoms with Crippen LogP contribution in [0.25, 0.3) is 0 Å². The summed E-state index contributed by atoms with van der Waals surface area (Å²) in [6, 6.07) is 11.6. The minimum absolute atomic E-state index is 0.146. The summed E-state index contributed by atoms with van der Waals surface area (Å²) in [6.45, 7) is 0.146. The Hall–Kier alpha value is -1.79. The van der Waals surface area contributed by atoms with Gasteiger partial charge in [0.1, 0.15) is 0 Å². The number of rotatable bonds is 5. The van der Waals surface area contributed by atoms with Crippen molar-refractivity contribution < 1.29 is 17.2 Å². The Morgan fingerprint density at radius 2 is 1.67 bits per heavy atom. The number of sulfone groups is 1. The van der Waals surface area contributed by atoms with E-state index in [2.05, 4.69) is 0 Å². The Bertz CT molecular complexity index is 718. The molecule has 21 heavy (non-hydrogen) atoms. The van der Waals surface area contributed by atoms with Crippen molar-refractivity contribution >= 4 is 9.84 Å². The molecule has 2 aromatic rings. The second kappa shape index (κ2) is 6.32. The zero-order valence-corrected chi connectivity index (χ0v) is 12.0. The van der Waals surface area contributed by atoms with Crippen molar-refractivity contribution in [2.45, 2.75) is 10.8 Å². The molecule has 0 heterocycles. The first-order valence-electron chi connectivity index (χ1n) is 6.37. The zero-order chi connectivity index (χ0) is 15.5. The van der Waals surface area contributed by atoms with Gasteiger partial charge in [0.15, 0.2) is 21.5 Å². The SMILES string of the molecule is NCC(CS(=O)(=O)c1ccc(F)c(F)c1)c1ccccc1.